The van der Waals surface area contributed by atoms with Crippen LogP contribution in [0.4, 0.5) is 0 Å². The van der Waals surface area contributed by atoms with E-state index >= 15 is 0 Å². The largest absolute Gasteiger partial charge is 0.311 e. The zero-order chi connectivity index (χ0) is 14.3. The zero-order valence-electron chi connectivity index (χ0n) is 12.8. The average Bonchev–Trinajstić information content (AvgIpc) is 2.69. The highest BCUT2D eigenvalue weighted by atomic mass is 79.9. The molecular weight excluding hydrogens is 302 g/mol. The van der Waals surface area contributed by atoms with Crippen LogP contribution >= 0.6 is 15.9 Å². The Morgan fingerprint density at radius 3 is 2.63 bits per heavy atom. The summed E-state index contributed by atoms with van der Waals surface area (Å²) in [4.78, 5) is 0. The van der Waals surface area contributed by atoms with Gasteiger partial charge in [0.1, 0.15) is 0 Å². The van der Waals surface area contributed by atoms with Gasteiger partial charge in [0.15, 0.2) is 0 Å². The van der Waals surface area contributed by atoms with Gasteiger partial charge in [-0.25, -0.2) is 0 Å². The maximum Gasteiger partial charge on any atom is 0.0739 e. The van der Waals surface area contributed by atoms with E-state index in [4.69, 9.17) is 0 Å². The van der Waals surface area contributed by atoms with Gasteiger partial charge in [0, 0.05) is 13.1 Å². The van der Waals surface area contributed by atoms with Gasteiger partial charge in [-0.3, -0.25) is 4.68 Å². The second kappa shape index (κ2) is 8.75. The summed E-state index contributed by atoms with van der Waals surface area (Å²) in [5.41, 5.74) is 2.35. The van der Waals surface area contributed by atoms with Crippen molar-refractivity contribution in [3.63, 3.8) is 0 Å². The van der Waals surface area contributed by atoms with E-state index in [1.165, 1.54) is 31.4 Å². The van der Waals surface area contributed by atoms with E-state index in [0.717, 1.165) is 35.7 Å². The number of unbranched alkanes of at least 4 members (excludes halogenated alkanes) is 1. The summed E-state index contributed by atoms with van der Waals surface area (Å²) >= 11 is 3.64. The van der Waals surface area contributed by atoms with Crippen molar-refractivity contribution in [3.05, 3.63) is 15.9 Å². The van der Waals surface area contributed by atoms with Crippen molar-refractivity contribution >= 4 is 15.9 Å². The van der Waals surface area contributed by atoms with Crippen LogP contribution in [0.25, 0.3) is 0 Å². The minimum absolute atomic E-state index is 0.804. The lowest BCUT2D eigenvalue weighted by molar-refractivity contribution is 0.414. The van der Waals surface area contributed by atoms with Crippen molar-refractivity contribution in [3.8, 4) is 0 Å². The molecule has 0 radical (unpaired) electrons. The van der Waals surface area contributed by atoms with Gasteiger partial charge in [-0.05, 0) is 48.7 Å². The van der Waals surface area contributed by atoms with Gasteiger partial charge < -0.3 is 5.32 Å². The van der Waals surface area contributed by atoms with E-state index in [0.29, 0.717) is 0 Å². The third-order valence-electron chi connectivity index (χ3n) is 3.72. The van der Waals surface area contributed by atoms with E-state index in [1.54, 1.807) is 0 Å². The monoisotopic (exact) mass is 329 g/mol. The summed E-state index contributed by atoms with van der Waals surface area (Å²) in [6.07, 6.45) is 5.24. The van der Waals surface area contributed by atoms with Gasteiger partial charge >= 0.3 is 0 Å². The van der Waals surface area contributed by atoms with Gasteiger partial charge in [0.25, 0.3) is 0 Å². The predicted molar refractivity (Wildman–Crippen MR) is 85.4 cm³/mol. The molecule has 110 valence electrons. The van der Waals surface area contributed by atoms with Gasteiger partial charge in [-0.2, -0.15) is 5.10 Å². The Morgan fingerprint density at radius 1 is 1.32 bits per heavy atom. The first-order chi connectivity index (χ1) is 9.13. The molecule has 1 rings (SSSR count). The van der Waals surface area contributed by atoms with Crippen LogP contribution in [-0.4, -0.2) is 16.3 Å². The van der Waals surface area contributed by atoms with Gasteiger partial charge in [0.2, 0.25) is 0 Å². The molecule has 0 aliphatic rings. The fraction of sp³-hybridized carbons (Fsp3) is 0.800. The lowest BCUT2D eigenvalue weighted by atomic mass is 9.99. The second-order valence-electron chi connectivity index (χ2n) is 5.21. The van der Waals surface area contributed by atoms with Crippen LogP contribution in [0.5, 0.6) is 0 Å². The number of hydrogen-bond donors (Lipinski definition) is 1. The van der Waals surface area contributed by atoms with Crippen molar-refractivity contribution in [1.29, 1.82) is 0 Å². The molecule has 0 fully saturated rings. The Labute approximate surface area is 126 Å². The Morgan fingerprint density at radius 2 is 2.05 bits per heavy atom. The summed E-state index contributed by atoms with van der Waals surface area (Å²) in [5.74, 6) is 0.804. The molecule has 1 unspecified atom stereocenters. The standard InChI is InChI=1S/C15H28BrN3/c1-5-8-9-13(6-2)10-17-11-14-15(16)12(4)18-19(14)7-3/h13,17H,5-11H2,1-4H3. The van der Waals surface area contributed by atoms with Crippen LogP contribution in [0.2, 0.25) is 0 Å². The number of aromatic nitrogens is 2. The molecule has 3 nitrogen and oxygen atoms in total. The number of rotatable bonds is 9. The molecule has 1 aromatic rings. The smallest absolute Gasteiger partial charge is 0.0739 e. The Balaban J connectivity index is 2.48. The van der Waals surface area contributed by atoms with Crippen LogP contribution in [-0.2, 0) is 13.1 Å². The number of nitrogens with zero attached hydrogens (tertiary/aromatic N) is 2. The minimum Gasteiger partial charge on any atom is -0.311 e. The molecule has 0 aromatic carbocycles. The van der Waals surface area contributed by atoms with Crippen LogP contribution in [0.1, 0.15) is 57.8 Å². The SMILES string of the molecule is CCCCC(CC)CNCc1c(Br)c(C)nn1CC. The van der Waals surface area contributed by atoms with E-state index in [2.05, 4.69) is 58.7 Å². The van der Waals surface area contributed by atoms with E-state index in [1.807, 2.05) is 0 Å². The van der Waals surface area contributed by atoms with Gasteiger partial charge in [-0.15, -0.1) is 0 Å². The Bertz CT molecular complexity index is 374. The average molecular weight is 330 g/mol. The second-order valence-corrected chi connectivity index (χ2v) is 6.00. The summed E-state index contributed by atoms with van der Waals surface area (Å²) in [6.45, 7) is 11.7. The lowest BCUT2D eigenvalue weighted by Crippen LogP contribution is -2.23. The third-order valence-corrected chi connectivity index (χ3v) is 4.75. The highest BCUT2D eigenvalue weighted by molar-refractivity contribution is 9.10. The molecule has 0 saturated carbocycles. The Kier molecular flexibility index (Phi) is 7.69. The highest BCUT2D eigenvalue weighted by Crippen LogP contribution is 2.21. The molecule has 1 atom stereocenters. The molecule has 0 aliphatic heterocycles. The van der Waals surface area contributed by atoms with Crippen LogP contribution in [0, 0.1) is 12.8 Å². The fourth-order valence-electron chi connectivity index (χ4n) is 2.38. The summed E-state index contributed by atoms with van der Waals surface area (Å²) in [7, 11) is 0. The van der Waals surface area contributed by atoms with Gasteiger partial charge in [0.05, 0.1) is 15.9 Å². The fourth-order valence-corrected chi connectivity index (χ4v) is 2.80. The predicted octanol–water partition coefficient (Wildman–Crippen LogP) is 4.28. The summed E-state index contributed by atoms with van der Waals surface area (Å²) in [5, 5.41) is 8.13. The third kappa shape index (κ3) is 4.92. The molecule has 19 heavy (non-hydrogen) atoms. The van der Waals surface area contributed by atoms with Crippen molar-refractivity contribution < 1.29 is 0 Å². The molecule has 0 saturated heterocycles. The number of nitrogens with one attached hydrogen (secondary N) is 1. The molecule has 1 heterocycles. The summed E-state index contributed by atoms with van der Waals surface area (Å²) < 4.78 is 3.24. The van der Waals surface area contributed by atoms with Gasteiger partial charge in [-0.1, -0.05) is 33.1 Å². The number of aryl methyl sites for hydroxylation is 2. The topological polar surface area (TPSA) is 29.9 Å². The highest BCUT2D eigenvalue weighted by Gasteiger charge is 2.12. The van der Waals surface area contributed by atoms with Crippen LogP contribution in [0.15, 0.2) is 4.47 Å². The molecule has 0 amide bonds. The molecular formula is C15H28BrN3. The van der Waals surface area contributed by atoms with Crippen LogP contribution in [0.3, 0.4) is 0 Å². The first-order valence-electron chi connectivity index (χ1n) is 7.56. The maximum atomic E-state index is 4.53. The summed E-state index contributed by atoms with van der Waals surface area (Å²) in [6, 6.07) is 0. The number of hydrogen-bond acceptors (Lipinski definition) is 2. The Hall–Kier alpha value is -0.350. The molecule has 0 aliphatic carbocycles. The normalized spacial score (nSPS) is 12.9. The zero-order valence-corrected chi connectivity index (χ0v) is 14.4. The first-order valence-corrected chi connectivity index (χ1v) is 8.35. The van der Waals surface area contributed by atoms with Crippen molar-refractivity contribution in [1.82, 2.24) is 15.1 Å². The van der Waals surface area contributed by atoms with E-state index < -0.39 is 0 Å². The molecule has 0 bridgehead atoms. The molecule has 1 aromatic heterocycles. The lowest BCUT2D eigenvalue weighted by Gasteiger charge is -2.15. The number of halogens is 1. The first kappa shape index (κ1) is 16.7. The molecule has 1 N–H and O–H groups in total. The molecule has 4 heteroatoms. The maximum absolute atomic E-state index is 4.53. The molecule has 0 spiro atoms. The van der Waals surface area contributed by atoms with E-state index in [-0.39, 0.29) is 0 Å². The van der Waals surface area contributed by atoms with Crippen LogP contribution < -0.4 is 5.32 Å². The van der Waals surface area contributed by atoms with Crippen molar-refractivity contribution in [2.45, 2.75) is 66.5 Å². The van der Waals surface area contributed by atoms with E-state index in [9.17, 15) is 0 Å². The quantitative estimate of drug-likeness (QED) is 0.732. The minimum atomic E-state index is 0.804. The van der Waals surface area contributed by atoms with Crippen molar-refractivity contribution in [2.24, 2.45) is 5.92 Å². The van der Waals surface area contributed by atoms with Crippen molar-refractivity contribution in [2.75, 3.05) is 6.54 Å².